The number of hydrogen-bond acceptors (Lipinski definition) is 3. The minimum atomic E-state index is -4.11. The molecular formula is C21H28F2NO4P. The third-order valence-electron chi connectivity index (χ3n) is 4.93. The summed E-state index contributed by atoms with van der Waals surface area (Å²) >= 11 is 0. The van der Waals surface area contributed by atoms with Crippen molar-refractivity contribution >= 4 is 12.8 Å². The van der Waals surface area contributed by atoms with Crippen LogP contribution in [0.3, 0.4) is 0 Å². The van der Waals surface area contributed by atoms with E-state index >= 15 is 0 Å². The first-order valence-corrected chi connectivity index (χ1v) is 11.3. The second kappa shape index (κ2) is 9.81. The van der Waals surface area contributed by atoms with E-state index < -0.39 is 19.2 Å². The van der Waals surface area contributed by atoms with E-state index in [4.69, 9.17) is 9.94 Å². The molecule has 0 fully saturated rings. The number of ether oxygens (including phenoxy) is 1. The zero-order chi connectivity index (χ0) is 21.8. The van der Waals surface area contributed by atoms with E-state index in [0.29, 0.717) is 16.7 Å². The second-order valence-corrected chi connectivity index (χ2v) is 9.11. The Kier molecular flexibility index (Phi) is 7.94. The first-order valence-electron chi connectivity index (χ1n) is 9.67. The fourth-order valence-corrected chi connectivity index (χ4v) is 4.38. The molecule has 160 valence electrons. The van der Waals surface area contributed by atoms with E-state index in [0.717, 1.165) is 25.7 Å². The number of rotatable bonds is 9. The smallest absolute Gasteiger partial charge is 0.319 e. The monoisotopic (exact) mass is 427 g/mol. The molecule has 0 saturated heterocycles. The molecule has 0 aliphatic carbocycles. The number of aryl methyl sites for hydroxylation is 2. The van der Waals surface area contributed by atoms with Crippen molar-refractivity contribution in [2.45, 2.75) is 59.3 Å². The molecule has 0 bridgehead atoms. The molecule has 2 rings (SSSR count). The van der Waals surface area contributed by atoms with Crippen LogP contribution in [0.2, 0.25) is 0 Å². The zero-order valence-corrected chi connectivity index (χ0v) is 18.0. The first kappa shape index (κ1) is 23.5. The number of nitrogens with one attached hydrogen (secondary N) is 1. The summed E-state index contributed by atoms with van der Waals surface area (Å²) in [4.78, 5) is 9.72. The van der Waals surface area contributed by atoms with Crippen molar-refractivity contribution in [1.82, 2.24) is 5.25 Å². The van der Waals surface area contributed by atoms with Gasteiger partial charge in [-0.2, -0.15) is 4.39 Å². The standard InChI is InChI=1S/C21H28F2NO4P/c1-5-7-15(8-6-2)17-9-10-18(20(23)19(17)22)28-21-13(3)11-16(12-14(21)4)29(26,27)24-25/h9-12,15,25H,5-8H2,1-4H3,(H2,24,26,27). The summed E-state index contributed by atoms with van der Waals surface area (Å²) in [6.45, 7) is 7.26. The van der Waals surface area contributed by atoms with Crippen LogP contribution in [0.1, 0.15) is 62.1 Å². The van der Waals surface area contributed by atoms with Gasteiger partial charge in [-0.3, -0.25) is 4.57 Å². The highest BCUT2D eigenvalue weighted by atomic mass is 31.2. The molecule has 0 saturated carbocycles. The predicted octanol–water partition coefficient (Wildman–Crippen LogP) is 5.85. The second-order valence-electron chi connectivity index (χ2n) is 7.24. The van der Waals surface area contributed by atoms with Crippen LogP contribution in [0.15, 0.2) is 24.3 Å². The maximum Gasteiger partial charge on any atom is 0.319 e. The quantitative estimate of drug-likeness (QED) is 0.346. The Hall–Kier alpha value is -1.79. The topological polar surface area (TPSA) is 78.8 Å². The van der Waals surface area contributed by atoms with Crippen LogP contribution in [0.4, 0.5) is 8.78 Å². The zero-order valence-electron chi connectivity index (χ0n) is 17.1. The van der Waals surface area contributed by atoms with Crippen LogP contribution < -0.4 is 15.3 Å². The molecule has 2 aromatic rings. The lowest BCUT2D eigenvalue weighted by atomic mass is 9.90. The number of halogens is 2. The molecule has 0 aliphatic rings. The van der Waals surface area contributed by atoms with E-state index in [1.165, 1.54) is 23.4 Å². The van der Waals surface area contributed by atoms with Crippen LogP contribution >= 0.6 is 7.52 Å². The number of hydrogen-bond donors (Lipinski definition) is 3. The third-order valence-corrected chi connectivity index (χ3v) is 6.16. The molecule has 8 heteroatoms. The summed E-state index contributed by atoms with van der Waals surface area (Å²) in [5.41, 5.74) is 1.25. The third kappa shape index (κ3) is 5.23. The van der Waals surface area contributed by atoms with Crippen molar-refractivity contribution in [3.8, 4) is 11.5 Å². The van der Waals surface area contributed by atoms with Crippen LogP contribution in [-0.2, 0) is 4.57 Å². The van der Waals surface area contributed by atoms with Gasteiger partial charge in [-0.05, 0) is 67.5 Å². The highest BCUT2D eigenvalue weighted by Gasteiger charge is 2.24. The molecule has 0 amide bonds. The summed E-state index contributed by atoms with van der Waals surface area (Å²) in [6.07, 6.45) is 3.33. The van der Waals surface area contributed by atoms with Gasteiger partial charge in [0.2, 0.25) is 5.82 Å². The summed E-state index contributed by atoms with van der Waals surface area (Å²) in [5, 5.41) is 10.2. The fraction of sp³-hybridized carbons (Fsp3) is 0.429. The van der Waals surface area contributed by atoms with Gasteiger partial charge in [0.25, 0.3) is 0 Å². The summed E-state index contributed by atoms with van der Waals surface area (Å²) in [5.74, 6) is -1.97. The van der Waals surface area contributed by atoms with Gasteiger partial charge in [0.15, 0.2) is 11.6 Å². The lowest BCUT2D eigenvalue weighted by Crippen LogP contribution is -2.17. The van der Waals surface area contributed by atoms with E-state index in [1.54, 1.807) is 19.9 Å². The Morgan fingerprint density at radius 1 is 1.07 bits per heavy atom. The van der Waals surface area contributed by atoms with Crippen LogP contribution in [0.25, 0.3) is 0 Å². The van der Waals surface area contributed by atoms with Crippen molar-refractivity contribution in [3.63, 3.8) is 0 Å². The molecule has 0 aliphatic heterocycles. The largest absolute Gasteiger partial charge is 0.454 e. The van der Waals surface area contributed by atoms with Gasteiger partial charge in [0, 0.05) is 0 Å². The van der Waals surface area contributed by atoms with E-state index in [2.05, 4.69) is 0 Å². The van der Waals surface area contributed by atoms with E-state index in [1.807, 2.05) is 13.8 Å². The summed E-state index contributed by atoms with van der Waals surface area (Å²) < 4.78 is 47.1. The Labute approximate surface area is 170 Å². The average molecular weight is 427 g/mol. The maximum atomic E-state index is 14.8. The fourth-order valence-electron chi connectivity index (χ4n) is 3.52. The Balaban J connectivity index is 2.40. The molecular weight excluding hydrogens is 399 g/mol. The van der Waals surface area contributed by atoms with Gasteiger partial charge in [0.1, 0.15) is 5.75 Å². The van der Waals surface area contributed by atoms with Gasteiger partial charge in [-0.25, -0.2) is 4.39 Å². The van der Waals surface area contributed by atoms with Gasteiger partial charge in [-0.1, -0.05) is 32.8 Å². The predicted molar refractivity (Wildman–Crippen MR) is 109 cm³/mol. The van der Waals surface area contributed by atoms with E-state index in [-0.39, 0.29) is 22.7 Å². The molecule has 5 nitrogen and oxygen atoms in total. The molecule has 0 heterocycles. The molecule has 0 aromatic heterocycles. The lowest BCUT2D eigenvalue weighted by Gasteiger charge is -2.19. The SMILES string of the molecule is CCCC(CCC)c1ccc(Oc2c(C)cc(P(=O)(O)NO)cc2C)c(F)c1F. The Morgan fingerprint density at radius 2 is 1.62 bits per heavy atom. The number of benzene rings is 2. The van der Waals surface area contributed by atoms with Crippen molar-refractivity contribution < 1.29 is 28.2 Å². The van der Waals surface area contributed by atoms with Crippen molar-refractivity contribution in [2.24, 2.45) is 0 Å². The van der Waals surface area contributed by atoms with Gasteiger partial charge >= 0.3 is 7.52 Å². The maximum absolute atomic E-state index is 14.8. The molecule has 1 atom stereocenters. The van der Waals surface area contributed by atoms with Gasteiger partial charge in [-0.15, -0.1) is 5.25 Å². The highest BCUT2D eigenvalue weighted by Crippen LogP contribution is 2.39. The van der Waals surface area contributed by atoms with Crippen molar-refractivity contribution in [3.05, 3.63) is 52.6 Å². The van der Waals surface area contributed by atoms with Crippen LogP contribution in [0, 0.1) is 25.5 Å². The van der Waals surface area contributed by atoms with Gasteiger partial charge < -0.3 is 14.8 Å². The van der Waals surface area contributed by atoms with Gasteiger partial charge in [0.05, 0.1) is 5.30 Å². The highest BCUT2D eigenvalue weighted by molar-refractivity contribution is 7.63. The summed E-state index contributed by atoms with van der Waals surface area (Å²) in [7, 11) is -4.11. The normalized spacial score (nSPS) is 13.6. The van der Waals surface area contributed by atoms with Crippen molar-refractivity contribution in [1.29, 1.82) is 0 Å². The van der Waals surface area contributed by atoms with Crippen LogP contribution in [-0.4, -0.2) is 10.1 Å². The average Bonchev–Trinajstić information content (AvgIpc) is 2.67. The minimum Gasteiger partial charge on any atom is -0.454 e. The molecule has 3 N–H and O–H groups in total. The molecule has 1 unspecified atom stereocenters. The lowest BCUT2D eigenvalue weighted by molar-refractivity contribution is 0.226. The summed E-state index contributed by atoms with van der Waals surface area (Å²) in [6, 6.07) is 5.70. The minimum absolute atomic E-state index is 0.0219. The van der Waals surface area contributed by atoms with Crippen molar-refractivity contribution in [2.75, 3.05) is 0 Å². The van der Waals surface area contributed by atoms with E-state index in [9.17, 15) is 18.2 Å². The molecule has 0 spiro atoms. The molecule has 0 radical (unpaired) electrons. The molecule has 29 heavy (non-hydrogen) atoms. The first-order chi connectivity index (χ1) is 13.7. The Bertz CT molecular complexity index is 891. The molecule has 2 aromatic carbocycles. The Morgan fingerprint density at radius 3 is 2.10 bits per heavy atom. The van der Waals surface area contributed by atoms with Crippen LogP contribution in [0.5, 0.6) is 11.5 Å².